The first-order valence-electron chi connectivity index (χ1n) is 12.3. The smallest absolute Gasteiger partial charge is 0.344 e. The van der Waals surface area contributed by atoms with Gasteiger partial charge in [0.15, 0.2) is 6.10 Å². The highest BCUT2D eigenvalue weighted by Crippen LogP contribution is 2.40. The molecule has 8 nitrogen and oxygen atoms in total. The second-order valence-electron chi connectivity index (χ2n) is 8.84. The normalized spacial score (nSPS) is 13.8. The van der Waals surface area contributed by atoms with Crippen molar-refractivity contribution in [1.29, 1.82) is 0 Å². The van der Waals surface area contributed by atoms with Gasteiger partial charge in [-0.2, -0.15) is 0 Å². The number of aromatic hydroxyl groups is 1. The van der Waals surface area contributed by atoms with Crippen molar-refractivity contribution in [3.8, 4) is 23.0 Å². The quantitative estimate of drug-likeness (QED) is 0.317. The molecule has 2 aromatic rings. The molecule has 1 fully saturated rings. The summed E-state index contributed by atoms with van der Waals surface area (Å²) in [4.78, 5) is 23.0. The lowest BCUT2D eigenvalue weighted by Gasteiger charge is -2.19. The number of primary amides is 1. The molecule has 4 N–H and O–H groups in total. The van der Waals surface area contributed by atoms with E-state index in [0.717, 1.165) is 24.8 Å². The largest absolute Gasteiger partial charge is 0.507 e. The van der Waals surface area contributed by atoms with Gasteiger partial charge in [-0.1, -0.05) is 26.3 Å². The fourth-order valence-electron chi connectivity index (χ4n) is 3.93. The molecule has 1 saturated carbocycles. The van der Waals surface area contributed by atoms with Gasteiger partial charge in [0.1, 0.15) is 23.0 Å². The number of aliphatic carboxylic acids is 1. The van der Waals surface area contributed by atoms with Gasteiger partial charge in [-0.3, -0.25) is 4.79 Å². The van der Waals surface area contributed by atoms with Crippen LogP contribution >= 0.6 is 0 Å². The third-order valence-corrected chi connectivity index (χ3v) is 6.00. The van der Waals surface area contributed by atoms with Gasteiger partial charge in [-0.25, -0.2) is 4.79 Å². The zero-order valence-electron chi connectivity index (χ0n) is 20.4. The first-order valence-corrected chi connectivity index (χ1v) is 12.3. The molecule has 0 heterocycles. The van der Waals surface area contributed by atoms with Gasteiger partial charge in [0.05, 0.1) is 18.8 Å². The predicted octanol–water partition coefficient (Wildman–Crippen LogP) is 4.49. The molecule has 3 rings (SSSR count). The highest BCUT2D eigenvalue weighted by Gasteiger charge is 2.27. The van der Waals surface area contributed by atoms with Gasteiger partial charge in [0, 0.05) is 17.5 Å². The predicted molar refractivity (Wildman–Crippen MR) is 131 cm³/mol. The number of phenols is 1. The fraction of sp³-hybridized carbons (Fsp3) is 0.481. The Balaban J connectivity index is 1.61. The third-order valence-electron chi connectivity index (χ3n) is 6.00. The Kier molecular flexibility index (Phi) is 9.23. The maximum Gasteiger partial charge on any atom is 0.344 e. The Hall–Kier alpha value is -3.42. The SMILES string of the molecule is CCCc1c(OCCCOc2ccc(C(N)=O)c(O)c2CC2CC2)cccc1OC(CC)C(=O)O. The van der Waals surface area contributed by atoms with Crippen molar-refractivity contribution in [2.75, 3.05) is 13.2 Å². The monoisotopic (exact) mass is 485 g/mol. The molecule has 1 unspecified atom stereocenters. The Labute approximate surface area is 206 Å². The van der Waals surface area contributed by atoms with Crippen molar-refractivity contribution in [3.05, 3.63) is 47.0 Å². The van der Waals surface area contributed by atoms with Gasteiger partial charge in [0.25, 0.3) is 5.91 Å². The van der Waals surface area contributed by atoms with Crippen molar-refractivity contribution in [2.45, 2.75) is 64.9 Å². The number of carboxylic acid groups (broad SMARTS) is 1. The summed E-state index contributed by atoms with van der Waals surface area (Å²) in [5.74, 6) is 0.505. The van der Waals surface area contributed by atoms with E-state index in [4.69, 9.17) is 19.9 Å². The molecule has 2 aromatic carbocycles. The number of hydrogen-bond acceptors (Lipinski definition) is 6. The van der Waals surface area contributed by atoms with E-state index in [-0.39, 0.29) is 11.3 Å². The number of amides is 1. The van der Waals surface area contributed by atoms with Gasteiger partial charge in [0.2, 0.25) is 0 Å². The third kappa shape index (κ3) is 7.04. The van der Waals surface area contributed by atoms with Crippen LogP contribution in [0.25, 0.3) is 0 Å². The van der Waals surface area contributed by atoms with E-state index in [0.29, 0.717) is 67.6 Å². The van der Waals surface area contributed by atoms with Crippen molar-refractivity contribution >= 4 is 11.9 Å². The molecular formula is C27H35NO7. The summed E-state index contributed by atoms with van der Waals surface area (Å²) in [5.41, 5.74) is 6.96. The number of benzene rings is 2. The molecule has 190 valence electrons. The number of carboxylic acids is 1. The maximum absolute atomic E-state index is 11.6. The second kappa shape index (κ2) is 12.3. The molecule has 1 aliphatic carbocycles. The van der Waals surface area contributed by atoms with Crippen molar-refractivity contribution in [2.24, 2.45) is 11.7 Å². The highest BCUT2D eigenvalue weighted by atomic mass is 16.5. The fourth-order valence-corrected chi connectivity index (χ4v) is 3.93. The molecule has 0 spiro atoms. The highest BCUT2D eigenvalue weighted by molar-refractivity contribution is 5.96. The number of rotatable bonds is 15. The van der Waals surface area contributed by atoms with E-state index in [1.807, 2.05) is 13.0 Å². The molecular weight excluding hydrogens is 450 g/mol. The number of hydrogen-bond donors (Lipinski definition) is 3. The number of nitrogens with two attached hydrogens (primary N) is 1. The molecule has 35 heavy (non-hydrogen) atoms. The topological polar surface area (TPSA) is 128 Å². The summed E-state index contributed by atoms with van der Waals surface area (Å²) < 4.78 is 17.7. The Bertz CT molecular complexity index is 1030. The summed E-state index contributed by atoms with van der Waals surface area (Å²) in [6.07, 6.45) is 4.46. The van der Waals surface area contributed by atoms with Crippen LogP contribution < -0.4 is 19.9 Å². The molecule has 1 amide bonds. The first-order chi connectivity index (χ1) is 16.8. The van der Waals surface area contributed by atoms with Crippen LogP contribution in [0.15, 0.2) is 30.3 Å². The summed E-state index contributed by atoms with van der Waals surface area (Å²) in [7, 11) is 0. The zero-order chi connectivity index (χ0) is 25.4. The van der Waals surface area contributed by atoms with Gasteiger partial charge < -0.3 is 30.2 Å². The molecule has 0 bridgehead atoms. The molecule has 1 aliphatic rings. The number of ether oxygens (including phenoxy) is 3. The van der Waals surface area contributed by atoms with E-state index >= 15 is 0 Å². The molecule has 0 aliphatic heterocycles. The molecule has 8 heteroatoms. The first kappa shape index (κ1) is 26.2. The van der Waals surface area contributed by atoms with Crippen LogP contribution in [0.1, 0.15) is 67.4 Å². The second-order valence-corrected chi connectivity index (χ2v) is 8.84. The van der Waals surface area contributed by atoms with Crippen LogP contribution in [0.5, 0.6) is 23.0 Å². The number of carbonyl (C=O) groups excluding carboxylic acids is 1. The lowest BCUT2D eigenvalue weighted by atomic mass is 10.0. The van der Waals surface area contributed by atoms with E-state index in [1.54, 1.807) is 25.1 Å². The molecule has 0 saturated heterocycles. The van der Waals surface area contributed by atoms with E-state index in [9.17, 15) is 19.8 Å². The maximum atomic E-state index is 11.6. The molecule has 0 aromatic heterocycles. The van der Waals surface area contributed by atoms with Crippen LogP contribution in [-0.2, 0) is 17.6 Å². The summed E-state index contributed by atoms with van der Waals surface area (Å²) in [6, 6.07) is 8.60. The van der Waals surface area contributed by atoms with Crippen LogP contribution in [0.3, 0.4) is 0 Å². The minimum absolute atomic E-state index is 0.0917. The molecule has 0 radical (unpaired) electrons. The van der Waals surface area contributed by atoms with Crippen LogP contribution in [0.2, 0.25) is 0 Å². The van der Waals surface area contributed by atoms with E-state index < -0.39 is 18.0 Å². The molecule has 1 atom stereocenters. The van der Waals surface area contributed by atoms with Gasteiger partial charge >= 0.3 is 5.97 Å². The van der Waals surface area contributed by atoms with E-state index in [2.05, 4.69) is 0 Å². The Morgan fingerprint density at radius 2 is 1.69 bits per heavy atom. The minimum Gasteiger partial charge on any atom is -0.507 e. The van der Waals surface area contributed by atoms with Crippen LogP contribution in [0.4, 0.5) is 0 Å². The van der Waals surface area contributed by atoms with Gasteiger partial charge in [-0.15, -0.1) is 0 Å². The summed E-state index contributed by atoms with van der Waals surface area (Å²) >= 11 is 0. The Morgan fingerprint density at radius 1 is 1.03 bits per heavy atom. The van der Waals surface area contributed by atoms with Crippen molar-refractivity contribution in [1.82, 2.24) is 0 Å². The lowest BCUT2D eigenvalue weighted by Crippen LogP contribution is -2.26. The van der Waals surface area contributed by atoms with Crippen molar-refractivity contribution < 1.29 is 34.0 Å². The summed E-state index contributed by atoms with van der Waals surface area (Å²) in [6.45, 7) is 4.57. The average molecular weight is 486 g/mol. The lowest BCUT2D eigenvalue weighted by molar-refractivity contribution is -0.145. The number of carbonyl (C=O) groups is 2. The van der Waals surface area contributed by atoms with Gasteiger partial charge in [-0.05, 0) is 62.3 Å². The van der Waals surface area contributed by atoms with Crippen LogP contribution in [-0.4, -0.2) is 41.4 Å². The average Bonchev–Trinajstić information content (AvgIpc) is 3.64. The van der Waals surface area contributed by atoms with E-state index in [1.165, 1.54) is 6.07 Å². The van der Waals surface area contributed by atoms with Crippen LogP contribution in [0, 0.1) is 5.92 Å². The minimum atomic E-state index is -0.991. The zero-order valence-corrected chi connectivity index (χ0v) is 20.4. The summed E-state index contributed by atoms with van der Waals surface area (Å²) in [5, 5.41) is 19.9. The Morgan fingerprint density at radius 3 is 2.26 bits per heavy atom. The standard InChI is InChI=1S/C27H35NO7/c1-3-7-18-22(8-5-9-24(18)35-21(4-2)27(31)32)33-14-6-15-34-23-13-12-19(26(28)30)25(29)20(23)16-17-10-11-17/h5,8-9,12-13,17,21,29H,3-4,6-7,10-11,14-16H2,1-2H3,(H2,28,30)(H,31,32). The van der Waals surface area contributed by atoms with Crippen molar-refractivity contribution in [3.63, 3.8) is 0 Å².